The van der Waals surface area contributed by atoms with E-state index in [1.165, 1.54) is 0 Å². The van der Waals surface area contributed by atoms with Crippen LogP contribution in [-0.4, -0.2) is 138 Å². The van der Waals surface area contributed by atoms with Gasteiger partial charge in [-0.3, -0.25) is 4.79 Å². The Bertz CT molecular complexity index is 689. The number of carbonyl (C=O) groups excluding carboxylic acids is 2. The van der Waals surface area contributed by atoms with Crippen molar-refractivity contribution in [3.63, 3.8) is 0 Å². The highest BCUT2D eigenvalue weighted by Crippen LogP contribution is 2.01. The van der Waals surface area contributed by atoms with Gasteiger partial charge < -0.3 is 47.4 Å². The van der Waals surface area contributed by atoms with E-state index in [1.54, 1.807) is 37.4 Å². The Morgan fingerprint density at radius 1 is 0.462 bits per heavy atom. The summed E-state index contributed by atoms with van der Waals surface area (Å²) in [5, 5.41) is 0. The molecule has 0 atom stereocenters. The lowest BCUT2D eigenvalue weighted by molar-refractivity contribution is -0.139. The highest BCUT2D eigenvalue weighted by atomic mass is 16.6. The highest BCUT2D eigenvalue weighted by Gasteiger charge is 2.17. The molecule has 0 unspecified atom stereocenters. The van der Waals surface area contributed by atoms with E-state index in [2.05, 4.69) is 0 Å². The van der Waals surface area contributed by atoms with E-state index >= 15 is 0 Å². The van der Waals surface area contributed by atoms with E-state index in [0.717, 1.165) is 0 Å². The molecule has 39 heavy (non-hydrogen) atoms. The minimum absolute atomic E-state index is 0.00184. The van der Waals surface area contributed by atoms with Gasteiger partial charge in [-0.15, -0.1) is 0 Å². The maximum atomic E-state index is 11.9. The van der Waals surface area contributed by atoms with Crippen LogP contribution >= 0.6 is 0 Å². The Kier molecular flexibility index (Phi) is 24.8. The van der Waals surface area contributed by atoms with Gasteiger partial charge in [0.1, 0.15) is 6.61 Å². The summed E-state index contributed by atoms with van der Waals surface area (Å²) in [4.78, 5) is 23.5. The molecule has 0 spiro atoms. The number of Topliss-reactive ketones (excluding diaryl/α,β-unsaturated/α-hetero) is 1. The standard InChI is InChI=1S/C27H44O12/c1-30-7-8-31-9-10-32-11-12-33-13-14-34-15-16-35-17-18-36-19-20-37-21-22-38-23-24-39-27(29)26(28)25-5-3-2-4-6-25/h2-6H,7-24H2,1H3. The first kappa shape index (κ1) is 35.0. The highest BCUT2D eigenvalue weighted by molar-refractivity contribution is 6.40. The molecule has 0 N–H and O–H groups in total. The van der Waals surface area contributed by atoms with Gasteiger partial charge >= 0.3 is 5.97 Å². The number of methoxy groups -OCH3 is 1. The van der Waals surface area contributed by atoms with E-state index in [1.807, 2.05) is 0 Å². The first-order valence-corrected chi connectivity index (χ1v) is 13.1. The maximum absolute atomic E-state index is 11.9. The Morgan fingerprint density at radius 2 is 0.769 bits per heavy atom. The minimum Gasteiger partial charge on any atom is -0.457 e. The van der Waals surface area contributed by atoms with Gasteiger partial charge in [0, 0.05) is 12.7 Å². The Hall–Kier alpha value is -2.00. The zero-order valence-corrected chi connectivity index (χ0v) is 23.0. The molecule has 0 heterocycles. The van der Waals surface area contributed by atoms with Gasteiger partial charge in [0.2, 0.25) is 0 Å². The van der Waals surface area contributed by atoms with E-state index in [4.69, 9.17) is 47.4 Å². The van der Waals surface area contributed by atoms with Crippen molar-refractivity contribution in [2.75, 3.05) is 126 Å². The number of ketones is 1. The number of benzene rings is 1. The summed E-state index contributed by atoms with van der Waals surface area (Å²) in [5.74, 6) is -1.57. The topological polar surface area (TPSA) is 126 Å². The monoisotopic (exact) mass is 560 g/mol. The molecule has 0 radical (unpaired) electrons. The summed E-state index contributed by atoms with van der Waals surface area (Å²) in [6.45, 7) is 7.99. The van der Waals surface area contributed by atoms with E-state index in [-0.39, 0.29) is 13.2 Å². The lowest BCUT2D eigenvalue weighted by Crippen LogP contribution is -2.20. The molecule has 0 saturated carbocycles. The van der Waals surface area contributed by atoms with Crippen LogP contribution in [-0.2, 0) is 52.2 Å². The molecule has 0 saturated heterocycles. The normalized spacial score (nSPS) is 11.1. The quantitative estimate of drug-likeness (QED) is 0.0605. The Labute approximate surface area is 231 Å². The molecule has 0 aromatic heterocycles. The molecule has 12 heteroatoms. The molecular formula is C27H44O12. The van der Waals surface area contributed by atoms with Crippen LogP contribution in [0, 0.1) is 0 Å². The second kappa shape index (κ2) is 27.6. The smallest absolute Gasteiger partial charge is 0.379 e. The van der Waals surface area contributed by atoms with Crippen molar-refractivity contribution >= 4 is 11.8 Å². The van der Waals surface area contributed by atoms with Crippen LogP contribution < -0.4 is 0 Å². The van der Waals surface area contributed by atoms with Crippen molar-refractivity contribution < 1.29 is 57.0 Å². The molecule has 0 amide bonds. The van der Waals surface area contributed by atoms with Crippen molar-refractivity contribution in [2.24, 2.45) is 0 Å². The third-order valence-corrected chi connectivity index (χ3v) is 4.72. The summed E-state index contributed by atoms with van der Waals surface area (Å²) in [6, 6.07) is 8.26. The average molecular weight is 561 g/mol. The summed E-state index contributed by atoms with van der Waals surface area (Å²) in [6.07, 6.45) is 0. The summed E-state index contributed by atoms with van der Waals surface area (Å²) in [5.41, 5.74) is 0.298. The van der Waals surface area contributed by atoms with Gasteiger partial charge in [0.15, 0.2) is 0 Å². The van der Waals surface area contributed by atoms with Crippen molar-refractivity contribution in [2.45, 2.75) is 0 Å². The van der Waals surface area contributed by atoms with Gasteiger partial charge in [0.05, 0.1) is 112 Å². The van der Waals surface area contributed by atoms with E-state index in [9.17, 15) is 9.59 Å². The first-order chi connectivity index (χ1) is 19.3. The predicted octanol–water partition coefficient (Wildman–Crippen LogP) is 1.19. The van der Waals surface area contributed by atoms with Crippen molar-refractivity contribution in [1.82, 2.24) is 0 Å². The van der Waals surface area contributed by atoms with E-state index in [0.29, 0.717) is 111 Å². The summed E-state index contributed by atoms with van der Waals surface area (Å²) >= 11 is 0. The van der Waals surface area contributed by atoms with Crippen molar-refractivity contribution in [3.05, 3.63) is 35.9 Å². The number of rotatable bonds is 29. The van der Waals surface area contributed by atoms with Crippen LogP contribution in [0.3, 0.4) is 0 Å². The SMILES string of the molecule is COCCOCCOCCOCCOCCOCCOCCOCCOCCOC(=O)C(=O)c1ccccc1. The van der Waals surface area contributed by atoms with Gasteiger partial charge in [0.25, 0.3) is 5.78 Å². The largest absolute Gasteiger partial charge is 0.457 e. The van der Waals surface area contributed by atoms with Crippen molar-refractivity contribution in [1.29, 1.82) is 0 Å². The molecule has 0 bridgehead atoms. The molecule has 1 aromatic rings. The molecule has 0 aliphatic rings. The number of hydrogen-bond donors (Lipinski definition) is 0. The molecule has 0 aliphatic carbocycles. The third-order valence-electron chi connectivity index (χ3n) is 4.72. The lowest BCUT2D eigenvalue weighted by Gasteiger charge is -2.09. The van der Waals surface area contributed by atoms with Crippen LogP contribution in [0.25, 0.3) is 0 Å². The number of carbonyl (C=O) groups is 2. The number of hydrogen-bond acceptors (Lipinski definition) is 12. The summed E-state index contributed by atoms with van der Waals surface area (Å²) < 4.78 is 52.8. The van der Waals surface area contributed by atoms with Crippen LogP contribution in [0.5, 0.6) is 0 Å². The zero-order chi connectivity index (χ0) is 28.1. The lowest BCUT2D eigenvalue weighted by atomic mass is 10.1. The number of ether oxygens (including phenoxy) is 10. The zero-order valence-electron chi connectivity index (χ0n) is 23.0. The van der Waals surface area contributed by atoms with Gasteiger partial charge in [-0.05, 0) is 0 Å². The molecule has 1 rings (SSSR count). The second-order valence-corrected chi connectivity index (χ2v) is 7.72. The predicted molar refractivity (Wildman–Crippen MR) is 140 cm³/mol. The summed E-state index contributed by atoms with van der Waals surface area (Å²) in [7, 11) is 1.64. The Balaban J connectivity index is 1.70. The second-order valence-electron chi connectivity index (χ2n) is 7.72. The molecule has 12 nitrogen and oxygen atoms in total. The fraction of sp³-hybridized carbons (Fsp3) is 0.704. The van der Waals surface area contributed by atoms with Crippen LogP contribution in [0.4, 0.5) is 0 Å². The van der Waals surface area contributed by atoms with E-state index < -0.39 is 11.8 Å². The van der Waals surface area contributed by atoms with Crippen LogP contribution in [0.1, 0.15) is 10.4 Å². The molecule has 0 aliphatic heterocycles. The fourth-order valence-electron chi connectivity index (χ4n) is 2.75. The van der Waals surface area contributed by atoms with Crippen molar-refractivity contribution in [3.8, 4) is 0 Å². The van der Waals surface area contributed by atoms with Crippen LogP contribution in [0.15, 0.2) is 30.3 Å². The Morgan fingerprint density at radius 3 is 1.10 bits per heavy atom. The van der Waals surface area contributed by atoms with Crippen LogP contribution in [0.2, 0.25) is 0 Å². The van der Waals surface area contributed by atoms with Gasteiger partial charge in [-0.2, -0.15) is 0 Å². The molecular weight excluding hydrogens is 516 g/mol. The van der Waals surface area contributed by atoms with Gasteiger partial charge in [-0.25, -0.2) is 4.79 Å². The third kappa shape index (κ3) is 22.5. The number of esters is 1. The molecule has 0 fully saturated rings. The average Bonchev–Trinajstić information content (AvgIpc) is 2.96. The fourth-order valence-corrected chi connectivity index (χ4v) is 2.75. The molecule has 224 valence electrons. The maximum Gasteiger partial charge on any atom is 0.379 e. The van der Waals surface area contributed by atoms with Gasteiger partial charge in [-0.1, -0.05) is 30.3 Å². The first-order valence-electron chi connectivity index (χ1n) is 13.1. The minimum atomic E-state index is -0.894. The molecule has 1 aromatic carbocycles.